The molecule has 4 rings (SSSR count). The van der Waals surface area contributed by atoms with E-state index in [9.17, 15) is 4.79 Å². The number of hydrogen-bond donors (Lipinski definition) is 2. The second kappa shape index (κ2) is 7.72. The molecular weight excluding hydrogens is 364 g/mol. The largest absolute Gasteiger partial charge is 0.493 e. The first-order chi connectivity index (χ1) is 14.1. The SMILES string of the molecule is COc1ccc(C(C(N)=O)c2c(-c3ccccc3)[nH]c3ccccc23)cc1OC. The standard InChI is InChI=1S/C24H22N2O3/c1-28-19-13-12-16(14-20(19)29-2)21(24(25)27)22-17-10-6-7-11-18(17)26-23(22)15-8-4-3-5-9-15/h3-14,21,26H,1-2H3,(H2,25,27). The van der Waals surface area contributed by atoms with Crippen molar-refractivity contribution in [3.8, 4) is 22.8 Å². The van der Waals surface area contributed by atoms with Gasteiger partial charge in [-0.15, -0.1) is 0 Å². The van der Waals surface area contributed by atoms with E-state index in [-0.39, 0.29) is 0 Å². The number of fused-ring (bicyclic) bond motifs is 1. The number of nitrogens with two attached hydrogens (primary N) is 1. The smallest absolute Gasteiger partial charge is 0.229 e. The number of H-pyrrole nitrogens is 1. The number of aromatic amines is 1. The number of ether oxygens (including phenoxy) is 2. The van der Waals surface area contributed by atoms with E-state index < -0.39 is 11.8 Å². The van der Waals surface area contributed by atoms with E-state index in [1.165, 1.54) is 0 Å². The molecule has 3 N–H and O–H groups in total. The zero-order chi connectivity index (χ0) is 20.4. The van der Waals surface area contributed by atoms with Gasteiger partial charge in [-0.25, -0.2) is 0 Å². The van der Waals surface area contributed by atoms with Gasteiger partial charge in [0.05, 0.1) is 25.8 Å². The van der Waals surface area contributed by atoms with Crippen LogP contribution in [0.2, 0.25) is 0 Å². The van der Waals surface area contributed by atoms with E-state index >= 15 is 0 Å². The number of carbonyl (C=O) groups excluding carboxylic acids is 1. The Bertz CT molecular complexity index is 1170. The van der Waals surface area contributed by atoms with Crippen LogP contribution in [0.1, 0.15) is 17.0 Å². The highest BCUT2D eigenvalue weighted by molar-refractivity contribution is 5.99. The van der Waals surface area contributed by atoms with Crippen LogP contribution in [-0.2, 0) is 4.79 Å². The normalized spacial score (nSPS) is 11.9. The van der Waals surface area contributed by atoms with Gasteiger partial charge in [-0.05, 0) is 29.3 Å². The van der Waals surface area contributed by atoms with Gasteiger partial charge in [-0.3, -0.25) is 4.79 Å². The zero-order valence-corrected chi connectivity index (χ0v) is 16.3. The van der Waals surface area contributed by atoms with Gasteiger partial charge >= 0.3 is 0 Å². The van der Waals surface area contributed by atoms with E-state index in [1.54, 1.807) is 20.3 Å². The minimum Gasteiger partial charge on any atom is -0.493 e. The van der Waals surface area contributed by atoms with E-state index in [0.29, 0.717) is 11.5 Å². The summed E-state index contributed by atoms with van der Waals surface area (Å²) in [6, 6.07) is 23.3. The number of hydrogen-bond acceptors (Lipinski definition) is 3. The van der Waals surface area contributed by atoms with Gasteiger partial charge in [0.1, 0.15) is 0 Å². The fourth-order valence-electron chi connectivity index (χ4n) is 3.80. The maximum Gasteiger partial charge on any atom is 0.229 e. The highest BCUT2D eigenvalue weighted by Gasteiger charge is 2.28. The van der Waals surface area contributed by atoms with Crippen LogP contribution < -0.4 is 15.2 Å². The topological polar surface area (TPSA) is 77.3 Å². The van der Waals surface area contributed by atoms with Crippen LogP contribution in [0.25, 0.3) is 22.2 Å². The van der Waals surface area contributed by atoms with Crippen LogP contribution in [0.3, 0.4) is 0 Å². The van der Waals surface area contributed by atoms with Gasteiger partial charge in [-0.1, -0.05) is 54.6 Å². The van der Waals surface area contributed by atoms with Crippen LogP contribution in [0.5, 0.6) is 11.5 Å². The van der Waals surface area contributed by atoms with Crippen molar-refractivity contribution in [2.75, 3.05) is 14.2 Å². The number of aromatic nitrogens is 1. The fourth-order valence-corrected chi connectivity index (χ4v) is 3.80. The van der Waals surface area contributed by atoms with Crippen LogP contribution in [0.15, 0.2) is 72.8 Å². The number of carbonyl (C=O) groups is 1. The third kappa shape index (κ3) is 3.31. The third-order valence-corrected chi connectivity index (χ3v) is 5.12. The first-order valence-corrected chi connectivity index (χ1v) is 9.31. The summed E-state index contributed by atoms with van der Waals surface area (Å²) in [4.78, 5) is 16.2. The minimum atomic E-state index is -0.652. The van der Waals surface area contributed by atoms with Crippen LogP contribution in [0.4, 0.5) is 0 Å². The average Bonchev–Trinajstić information content (AvgIpc) is 3.13. The Morgan fingerprint density at radius 2 is 1.59 bits per heavy atom. The Kier molecular flexibility index (Phi) is 4.96. The molecule has 0 saturated heterocycles. The molecule has 5 nitrogen and oxygen atoms in total. The van der Waals surface area contributed by atoms with E-state index in [0.717, 1.165) is 33.3 Å². The quantitative estimate of drug-likeness (QED) is 0.513. The number of nitrogens with one attached hydrogen (secondary N) is 1. The van der Waals surface area contributed by atoms with Crippen molar-refractivity contribution in [2.45, 2.75) is 5.92 Å². The molecule has 1 heterocycles. The predicted molar refractivity (Wildman–Crippen MR) is 114 cm³/mol. The van der Waals surface area contributed by atoms with E-state index in [1.807, 2.05) is 66.7 Å². The second-order valence-corrected chi connectivity index (χ2v) is 6.78. The second-order valence-electron chi connectivity index (χ2n) is 6.78. The summed E-state index contributed by atoms with van der Waals surface area (Å²) < 4.78 is 10.8. The van der Waals surface area contributed by atoms with Crippen molar-refractivity contribution in [3.05, 3.63) is 83.9 Å². The molecule has 3 aromatic carbocycles. The van der Waals surface area contributed by atoms with Gasteiger partial charge in [0.2, 0.25) is 5.91 Å². The Labute approximate surface area is 169 Å². The third-order valence-electron chi connectivity index (χ3n) is 5.12. The molecule has 0 aliphatic carbocycles. The molecular formula is C24H22N2O3. The van der Waals surface area contributed by atoms with Gasteiger partial charge < -0.3 is 20.2 Å². The molecule has 146 valence electrons. The molecule has 0 aliphatic rings. The van der Waals surface area contributed by atoms with Crippen LogP contribution >= 0.6 is 0 Å². The molecule has 1 atom stereocenters. The predicted octanol–water partition coefficient (Wildman–Crippen LogP) is 4.47. The minimum absolute atomic E-state index is 0.431. The summed E-state index contributed by atoms with van der Waals surface area (Å²) in [6.07, 6.45) is 0. The van der Waals surface area contributed by atoms with Gasteiger partial charge in [0, 0.05) is 16.5 Å². The van der Waals surface area contributed by atoms with Gasteiger partial charge in [0.25, 0.3) is 0 Å². The van der Waals surface area contributed by atoms with Crippen molar-refractivity contribution in [1.29, 1.82) is 0 Å². The molecule has 1 aromatic heterocycles. The lowest BCUT2D eigenvalue weighted by atomic mass is 9.87. The lowest BCUT2D eigenvalue weighted by Crippen LogP contribution is -2.23. The van der Waals surface area contributed by atoms with Crippen LogP contribution in [-0.4, -0.2) is 25.1 Å². The maximum absolute atomic E-state index is 12.7. The Morgan fingerprint density at radius 1 is 0.897 bits per heavy atom. The molecule has 1 unspecified atom stereocenters. The van der Waals surface area contributed by atoms with Crippen molar-refractivity contribution in [1.82, 2.24) is 4.98 Å². The summed E-state index contributed by atoms with van der Waals surface area (Å²) >= 11 is 0. The Morgan fingerprint density at radius 3 is 2.28 bits per heavy atom. The number of amides is 1. The number of benzene rings is 3. The lowest BCUT2D eigenvalue weighted by Gasteiger charge is -2.18. The number of primary amides is 1. The van der Waals surface area contributed by atoms with Crippen molar-refractivity contribution < 1.29 is 14.3 Å². The molecule has 4 aromatic rings. The average molecular weight is 386 g/mol. The molecule has 0 bridgehead atoms. The van der Waals surface area contributed by atoms with Crippen molar-refractivity contribution in [2.24, 2.45) is 5.73 Å². The van der Waals surface area contributed by atoms with E-state index in [4.69, 9.17) is 15.2 Å². The molecule has 0 aliphatic heterocycles. The summed E-state index contributed by atoms with van der Waals surface area (Å²) in [5.74, 6) is 0.0688. The highest BCUT2D eigenvalue weighted by Crippen LogP contribution is 2.40. The van der Waals surface area contributed by atoms with Gasteiger partial charge in [0.15, 0.2) is 11.5 Å². The summed E-state index contributed by atoms with van der Waals surface area (Å²) in [6.45, 7) is 0. The lowest BCUT2D eigenvalue weighted by molar-refractivity contribution is -0.118. The highest BCUT2D eigenvalue weighted by atomic mass is 16.5. The van der Waals surface area contributed by atoms with Crippen molar-refractivity contribution >= 4 is 16.8 Å². The summed E-state index contributed by atoms with van der Waals surface area (Å²) in [7, 11) is 3.15. The monoisotopic (exact) mass is 386 g/mol. The maximum atomic E-state index is 12.7. The molecule has 0 spiro atoms. The van der Waals surface area contributed by atoms with E-state index in [2.05, 4.69) is 4.98 Å². The Hall–Kier alpha value is -3.73. The zero-order valence-electron chi connectivity index (χ0n) is 16.3. The molecule has 5 heteroatoms. The van der Waals surface area contributed by atoms with Gasteiger partial charge in [-0.2, -0.15) is 0 Å². The molecule has 0 radical (unpaired) electrons. The number of para-hydroxylation sites is 1. The first-order valence-electron chi connectivity index (χ1n) is 9.31. The number of rotatable bonds is 6. The van der Waals surface area contributed by atoms with Crippen LogP contribution in [0, 0.1) is 0 Å². The summed E-state index contributed by atoms with van der Waals surface area (Å²) in [5.41, 5.74) is 10.4. The van der Waals surface area contributed by atoms with Crippen molar-refractivity contribution in [3.63, 3.8) is 0 Å². The fraction of sp³-hybridized carbons (Fsp3) is 0.125. The summed E-state index contributed by atoms with van der Waals surface area (Å²) in [5, 5.41) is 0.963. The first kappa shape index (κ1) is 18.6. The molecule has 29 heavy (non-hydrogen) atoms. The molecule has 0 saturated carbocycles. The Balaban J connectivity index is 1.99. The molecule has 0 fully saturated rings. The molecule has 1 amide bonds. The number of methoxy groups -OCH3 is 2.